The first-order chi connectivity index (χ1) is 17.3. The summed E-state index contributed by atoms with van der Waals surface area (Å²) in [4.78, 5) is 71.1. The van der Waals surface area contributed by atoms with Crippen LogP contribution in [0.4, 0.5) is 0 Å². The third-order valence-electron chi connectivity index (χ3n) is 5.01. The molecule has 0 aliphatic heterocycles. The molecule has 0 aliphatic carbocycles. The number of hydrogen-bond donors (Lipinski definition) is 10. The first kappa shape index (κ1) is 30.8. The lowest BCUT2D eigenvalue weighted by Crippen LogP contribution is -2.58. The molecule has 0 radical (unpaired) electrons. The van der Waals surface area contributed by atoms with E-state index in [4.69, 9.17) is 22.3 Å². The van der Waals surface area contributed by atoms with Gasteiger partial charge in [-0.05, 0) is 19.8 Å². The number of amides is 3. The number of rotatable bonds is 16. The van der Waals surface area contributed by atoms with Crippen molar-refractivity contribution in [2.75, 3.05) is 6.54 Å². The van der Waals surface area contributed by atoms with Gasteiger partial charge in [-0.1, -0.05) is 0 Å². The molecule has 1 aromatic rings. The van der Waals surface area contributed by atoms with Crippen molar-refractivity contribution in [3.05, 3.63) is 18.2 Å². The number of carbonyl (C=O) groups is 5. The summed E-state index contributed by atoms with van der Waals surface area (Å²) in [6.45, 7) is 1.37. The van der Waals surface area contributed by atoms with E-state index in [-0.39, 0.29) is 31.8 Å². The third-order valence-corrected chi connectivity index (χ3v) is 5.01. The second-order valence-electron chi connectivity index (χ2n) is 8.12. The molecular weight excluding hydrogens is 494 g/mol. The van der Waals surface area contributed by atoms with Crippen molar-refractivity contribution in [1.29, 1.82) is 0 Å². The van der Waals surface area contributed by atoms with Crippen molar-refractivity contribution in [2.24, 2.45) is 22.2 Å². The van der Waals surface area contributed by atoms with Gasteiger partial charge in [0, 0.05) is 24.9 Å². The number of H-pyrrole nitrogens is 1. The SMILES string of the molecule is CC(O)C(N)C(=O)NC(Cc1cnc[nH]1)C(=O)NC(CCCN=C(N)N)C(=O)NC(CC(=O)O)C(=O)O. The van der Waals surface area contributed by atoms with Crippen molar-refractivity contribution in [3.63, 3.8) is 0 Å². The second kappa shape index (κ2) is 15.0. The Morgan fingerprint density at radius 2 is 1.62 bits per heavy atom. The number of aliphatic imine (C=N–C) groups is 1. The molecule has 3 amide bonds. The molecule has 1 aromatic heterocycles. The molecule has 0 saturated carbocycles. The van der Waals surface area contributed by atoms with Crippen molar-refractivity contribution >= 4 is 35.6 Å². The van der Waals surface area contributed by atoms with Crippen LogP contribution in [0, 0.1) is 0 Å². The maximum absolute atomic E-state index is 13.1. The topological polar surface area (TPSA) is 301 Å². The van der Waals surface area contributed by atoms with E-state index in [2.05, 4.69) is 30.9 Å². The Bertz CT molecular complexity index is 963. The highest BCUT2D eigenvalue weighted by molar-refractivity contribution is 5.94. The van der Waals surface area contributed by atoms with Gasteiger partial charge in [0.15, 0.2) is 5.96 Å². The van der Waals surface area contributed by atoms with E-state index in [0.717, 1.165) is 0 Å². The van der Waals surface area contributed by atoms with Crippen LogP contribution in [0.25, 0.3) is 0 Å². The van der Waals surface area contributed by atoms with E-state index in [9.17, 15) is 34.2 Å². The Morgan fingerprint density at radius 1 is 1.03 bits per heavy atom. The molecular formula is C20H33N9O8. The van der Waals surface area contributed by atoms with Crippen LogP contribution in [0.15, 0.2) is 17.5 Å². The summed E-state index contributed by atoms with van der Waals surface area (Å²) in [7, 11) is 0. The third kappa shape index (κ3) is 11.4. The summed E-state index contributed by atoms with van der Waals surface area (Å²) in [5, 5.41) is 34.7. The van der Waals surface area contributed by atoms with Crippen molar-refractivity contribution < 1.29 is 39.3 Å². The molecule has 206 valence electrons. The molecule has 13 N–H and O–H groups in total. The summed E-state index contributed by atoms with van der Waals surface area (Å²) >= 11 is 0. The second-order valence-corrected chi connectivity index (χ2v) is 8.12. The fraction of sp³-hybridized carbons (Fsp3) is 0.550. The smallest absolute Gasteiger partial charge is 0.326 e. The van der Waals surface area contributed by atoms with Gasteiger partial charge in [0.2, 0.25) is 17.7 Å². The summed E-state index contributed by atoms with van der Waals surface area (Å²) in [5.74, 6) is -5.90. The highest BCUT2D eigenvalue weighted by atomic mass is 16.4. The number of carbonyl (C=O) groups excluding carboxylic acids is 3. The Labute approximate surface area is 211 Å². The Balaban J connectivity index is 3.11. The lowest BCUT2D eigenvalue weighted by Gasteiger charge is -2.25. The number of nitrogens with one attached hydrogen (secondary N) is 4. The van der Waals surface area contributed by atoms with Crippen LogP contribution >= 0.6 is 0 Å². The number of aromatic nitrogens is 2. The lowest BCUT2D eigenvalue weighted by atomic mass is 10.1. The van der Waals surface area contributed by atoms with Gasteiger partial charge in [0.05, 0.1) is 18.9 Å². The summed E-state index contributed by atoms with van der Waals surface area (Å²) in [6, 6.07) is -5.72. The van der Waals surface area contributed by atoms with Crippen LogP contribution in [0.1, 0.15) is 31.9 Å². The number of aliphatic hydroxyl groups excluding tert-OH is 1. The monoisotopic (exact) mass is 527 g/mol. The molecule has 0 aromatic carbocycles. The molecule has 37 heavy (non-hydrogen) atoms. The Morgan fingerprint density at radius 3 is 2.14 bits per heavy atom. The first-order valence-corrected chi connectivity index (χ1v) is 11.1. The van der Waals surface area contributed by atoms with Crippen LogP contribution in [0.2, 0.25) is 0 Å². The van der Waals surface area contributed by atoms with Crippen LogP contribution < -0.4 is 33.2 Å². The van der Waals surface area contributed by atoms with Crippen LogP contribution in [-0.2, 0) is 30.4 Å². The summed E-state index contributed by atoms with van der Waals surface area (Å²) in [5.41, 5.74) is 16.6. The number of nitrogens with zero attached hydrogens (tertiary/aromatic N) is 2. The zero-order chi connectivity index (χ0) is 28.1. The standard InChI is InChI=1S/C20H33N9O8/c1-9(30)15(21)18(35)28-12(5-10-7-24-8-26-10)17(34)27-11(3-2-4-25-20(22)23)16(33)29-13(19(36)37)6-14(31)32/h7-9,11-13,15,30H,2-6,21H2,1H3,(H,24,26)(H,27,34)(H,28,35)(H,29,33)(H,31,32)(H,36,37)(H4,22,23,25). The van der Waals surface area contributed by atoms with E-state index < -0.39 is 66.4 Å². The molecule has 0 fully saturated rings. The number of nitrogens with two attached hydrogens (primary N) is 3. The average Bonchev–Trinajstić information content (AvgIpc) is 3.31. The van der Waals surface area contributed by atoms with E-state index in [0.29, 0.717) is 5.69 Å². The maximum Gasteiger partial charge on any atom is 0.326 e. The molecule has 1 rings (SSSR count). The van der Waals surface area contributed by atoms with Crippen LogP contribution in [-0.4, -0.2) is 97.7 Å². The summed E-state index contributed by atoms with van der Waals surface area (Å²) < 4.78 is 0. The molecule has 17 heteroatoms. The molecule has 17 nitrogen and oxygen atoms in total. The largest absolute Gasteiger partial charge is 0.481 e. The molecule has 0 saturated heterocycles. The number of aromatic amines is 1. The van der Waals surface area contributed by atoms with Crippen molar-refractivity contribution in [1.82, 2.24) is 25.9 Å². The van der Waals surface area contributed by atoms with Crippen molar-refractivity contribution in [3.8, 4) is 0 Å². The average molecular weight is 528 g/mol. The minimum absolute atomic E-state index is 0.0638. The molecule has 0 spiro atoms. The highest BCUT2D eigenvalue weighted by Crippen LogP contribution is 2.05. The predicted molar refractivity (Wildman–Crippen MR) is 128 cm³/mol. The van der Waals surface area contributed by atoms with Crippen molar-refractivity contribution in [2.45, 2.75) is 62.9 Å². The zero-order valence-corrected chi connectivity index (χ0v) is 20.1. The maximum atomic E-state index is 13.1. The number of aliphatic hydroxyl groups is 1. The number of imidazole rings is 1. The van der Waals surface area contributed by atoms with Gasteiger partial charge in [0.1, 0.15) is 24.2 Å². The zero-order valence-electron chi connectivity index (χ0n) is 20.1. The van der Waals surface area contributed by atoms with E-state index in [1.54, 1.807) is 0 Å². The highest BCUT2D eigenvalue weighted by Gasteiger charge is 2.31. The Hall–Kier alpha value is -4.25. The number of carboxylic acids is 2. The molecule has 1 heterocycles. The molecule has 0 bridgehead atoms. The fourth-order valence-corrected chi connectivity index (χ4v) is 3.00. The first-order valence-electron chi connectivity index (χ1n) is 11.1. The van der Waals surface area contributed by atoms with Crippen LogP contribution in [0.5, 0.6) is 0 Å². The number of carboxylic acid groups (broad SMARTS) is 2. The van der Waals surface area contributed by atoms with Gasteiger partial charge in [-0.25, -0.2) is 9.78 Å². The minimum Gasteiger partial charge on any atom is -0.481 e. The van der Waals surface area contributed by atoms with E-state index >= 15 is 0 Å². The van der Waals surface area contributed by atoms with Gasteiger partial charge in [0.25, 0.3) is 0 Å². The number of aliphatic carboxylic acids is 2. The molecule has 5 atom stereocenters. The summed E-state index contributed by atoms with van der Waals surface area (Å²) in [6.07, 6.45) is 0.663. The normalized spacial score (nSPS) is 14.8. The minimum atomic E-state index is -1.76. The van der Waals surface area contributed by atoms with Gasteiger partial charge in [-0.2, -0.15) is 0 Å². The van der Waals surface area contributed by atoms with Gasteiger partial charge >= 0.3 is 11.9 Å². The fourth-order valence-electron chi connectivity index (χ4n) is 3.00. The Kier molecular flexibility index (Phi) is 12.5. The van der Waals surface area contributed by atoms with Gasteiger partial charge in [-0.3, -0.25) is 24.2 Å². The number of guanidine groups is 1. The number of hydrogen-bond acceptors (Lipinski definition) is 9. The molecule has 5 unspecified atom stereocenters. The quantitative estimate of drug-likeness (QED) is 0.0555. The predicted octanol–water partition coefficient (Wildman–Crippen LogP) is -4.27. The lowest BCUT2D eigenvalue weighted by molar-refractivity contribution is -0.147. The van der Waals surface area contributed by atoms with Crippen LogP contribution in [0.3, 0.4) is 0 Å². The van der Waals surface area contributed by atoms with E-state index in [1.165, 1.54) is 19.4 Å². The molecule has 0 aliphatic rings. The van der Waals surface area contributed by atoms with Gasteiger partial charge < -0.3 is 53.5 Å². The van der Waals surface area contributed by atoms with Gasteiger partial charge in [-0.15, -0.1) is 0 Å². The van der Waals surface area contributed by atoms with E-state index in [1.807, 2.05) is 0 Å².